The molecule has 2 N–H and O–H groups in total. The van der Waals surface area contributed by atoms with Crippen LogP contribution in [0.3, 0.4) is 0 Å². The molecule has 4 nitrogen and oxygen atoms in total. The van der Waals surface area contributed by atoms with Gasteiger partial charge < -0.3 is 10.5 Å². The van der Waals surface area contributed by atoms with Crippen LogP contribution in [-0.4, -0.2) is 5.91 Å². The Balaban J connectivity index is 2.26. The van der Waals surface area contributed by atoms with Gasteiger partial charge in [0.2, 0.25) is 0 Å². The highest BCUT2D eigenvalue weighted by molar-refractivity contribution is 14.1. The Morgan fingerprint density at radius 3 is 2.46 bits per heavy atom. The minimum atomic E-state index is -0.749. The third-order valence-electron chi connectivity index (χ3n) is 3.05. The molecule has 24 heavy (non-hydrogen) atoms. The molecule has 0 aliphatic heterocycles. The van der Waals surface area contributed by atoms with Crippen LogP contribution in [0.5, 0.6) is 5.75 Å². The molecule has 0 heterocycles. The van der Waals surface area contributed by atoms with Crippen molar-refractivity contribution in [2.75, 3.05) is 0 Å². The monoisotopic (exact) mass is 564 g/mol. The van der Waals surface area contributed by atoms with Crippen LogP contribution in [0, 0.1) is 18.5 Å². The van der Waals surface area contributed by atoms with E-state index in [1.807, 2.05) is 36.4 Å². The van der Waals surface area contributed by atoms with Gasteiger partial charge in [0.1, 0.15) is 24.0 Å². The zero-order valence-corrected chi connectivity index (χ0v) is 17.3. The highest BCUT2D eigenvalue weighted by atomic mass is 127. The number of benzene rings is 2. The normalized spacial score (nSPS) is 11.0. The number of primary amides is 1. The summed E-state index contributed by atoms with van der Waals surface area (Å²) < 4.78 is 7.61. The van der Waals surface area contributed by atoms with Crippen molar-refractivity contribution in [1.82, 2.24) is 0 Å². The minimum Gasteiger partial charge on any atom is -0.487 e. The molecule has 0 fully saturated rings. The number of halogens is 3. The Morgan fingerprint density at radius 1 is 1.29 bits per heavy atom. The Hall–Kier alpha value is -1.31. The molecule has 2 rings (SSSR count). The van der Waals surface area contributed by atoms with E-state index in [4.69, 9.17) is 27.3 Å². The first-order valence-corrected chi connectivity index (χ1v) is 9.22. The predicted molar refractivity (Wildman–Crippen MR) is 110 cm³/mol. The fourth-order valence-corrected chi connectivity index (χ4v) is 4.21. The molecule has 7 heteroatoms. The van der Waals surface area contributed by atoms with E-state index in [2.05, 4.69) is 45.2 Å². The quantitative estimate of drug-likeness (QED) is 0.330. The van der Waals surface area contributed by atoms with E-state index in [0.29, 0.717) is 17.2 Å². The molecule has 0 aliphatic carbocycles. The first kappa shape index (κ1) is 19.0. The van der Waals surface area contributed by atoms with Crippen LogP contribution in [0.15, 0.2) is 42.0 Å². The van der Waals surface area contributed by atoms with Crippen LogP contribution < -0.4 is 10.5 Å². The number of amides is 1. The van der Waals surface area contributed by atoms with Gasteiger partial charge >= 0.3 is 0 Å². The molecule has 2 aromatic rings. The van der Waals surface area contributed by atoms with Gasteiger partial charge in [-0.25, -0.2) is 0 Å². The van der Waals surface area contributed by atoms with Crippen LogP contribution in [0.4, 0.5) is 0 Å². The lowest BCUT2D eigenvalue weighted by molar-refractivity contribution is -0.114. The van der Waals surface area contributed by atoms with Gasteiger partial charge in [-0.15, -0.1) is 0 Å². The van der Waals surface area contributed by atoms with Crippen LogP contribution in [0.1, 0.15) is 11.1 Å². The second kappa shape index (κ2) is 8.69. The van der Waals surface area contributed by atoms with Crippen molar-refractivity contribution in [1.29, 1.82) is 5.26 Å². The summed E-state index contributed by atoms with van der Waals surface area (Å²) in [5.41, 5.74) is 6.68. The molecule has 0 spiro atoms. The number of nitriles is 1. The summed E-state index contributed by atoms with van der Waals surface area (Å²) in [6, 6.07) is 12.9. The molecular weight excluding hydrogens is 553 g/mol. The van der Waals surface area contributed by atoms with Gasteiger partial charge in [0.25, 0.3) is 5.91 Å². The summed E-state index contributed by atoms with van der Waals surface area (Å²) in [5, 5.41) is 9.58. The van der Waals surface area contributed by atoms with E-state index < -0.39 is 5.91 Å². The molecule has 122 valence electrons. The molecule has 0 radical (unpaired) electrons. The lowest BCUT2D eigenvalue weighted by Crippen LogP contribution is -2.12. The fraction of sp³-hybridized carbons (Fsp3) is 0.0588. The minimum absolute atomic E-state index is 0.0914. The summed E-state index contributed by atoms with van der Waals surface area (Å²) in [7, 11) is 0. The van der Waals surface area contributed by atoms with Crippen molar-refractivity contribution in [3.8, 4) is 11.8 Å². The highest BCUT2D eigenvalue weighted by Crippen LogP contribution is 2.31. The van der Waals surface area contributed by atoms with E-state index in [0.717, 1.165) is 18.5 Å². The molecular formula is C17H11ClI2N2O2. The van der Waals surface area contributed by atoms with Gasteiger partial charge in [-0.2, -0.15) is 5.26 Å². The summed E-state index contributed by atoms with van der Waals surface area (Å²) in [6.07, 6.45) is 1.46. The van der Waals surface area contributed by atoms with E-state index in [-0.39, 0.29) is 5.57 Å². The van der Waals surface area contributed by atoms with Crippen molar-refractivity contribution in [3.05, 3.63) is 65.3 Å². The molecule has 0 atom stereocenters. The summed E-state index contributed by atoms with van der Waals surface area (Å²) in [4.78, 5) is 11.2. The van der Waals surface area contributed by atoms with Crippen molar-refractivity contribution >= 4 is 68.8 Å². The van der Waals surface area contributed by atoms with Gasteiger partial charge in [0.15, 0.2) is 0 Å². The van der Waals surface area contributed by atoms with Crippen LogP contribution >= 0.6 is 56.8 Å². The lowest BCUT2D eigenvalue weighted by atomic mass is 10.1. The Morgan fingerprint density at radius 2 is 1.92 bits per heavy atom. The molecule has 0 unspecified atom stereocenters. The SMILES string of the molecule is N#C/C(=C\c1cc(I)c(OCc2ccccc2Cl)c(I)c1)C(N)=O. The zero-order chi connectivity index (χ0) is 17.7. The Labute approximate surface area is 171 Å². The number of ether oxygens (including phenoxy) is 1. The van der Waals surface area contributed by atoms with Gasteiger partial charge in [-0.3, -0.25) is 4.79 Å². The third-order valence-corrected chi connectivity index (χ3v) is 5.02. The molecule has 0 aliphatic rings. The molecule has 0 aromatic heterocycles. The number of nitrogens with two attached hydrogens (primary N) is 1. The largest absolute Gasteiger partial charge is 0.487 e. The zero-order valence-electron chi connectivity index (χ0n) is 12.2. The maximum Gasteiger partial charge on any atom is 0.259 e. The summed E-state index contributed by atoms with van der Waals surface area (Å²) in [6.45, 7) is 0.353. The summed E-state index contributed by atoms with van der Waals surface area (Å²) in [5.74, 6) is -0.0209. The van der Waals surface area contributed by atoms with E-state index in [1.54, 1.807) is 6.07 Å². The molecule has 0 saturated carbocycles. The first-order valence-electron chi connectivity index (χ1n) is 6.69. The highest BCUT2D eigenvalue weighted by Gasteiger charge is 2.11. The fourth-order valence-electron chi connectivity index (χ4n) is 1.89. The molecule has 0 bridgehead atoms. The number of carbonyl (C=O) groups excluding carboxylic acids is 1. The lowest BCUT2D eigenvalue weighted by Gasteiger charge is -2.12. The number of hydrogen-bond acceptors (Lipinski definition) is 3. The first-order chi connectivity index (χ1) is 11.4. The second-order valence-electron chi connectivity index (χ2n) is 4.73. The average molecular weight is 565 g/mol. The van der Waals surface area contributed by atoms with E-state index in [9.17, 15) is 4.79 Å². The number of hydrogen-bond donors (Lipinski definition) is 1. The third kappa shape index (κ3) is 4.84. The van der Waals surface area contributed by atoms with Gasteiger partial charge in [-0.1, -0.05) is 29.8 Å². The topological polar surface area (TPSA) is 76.1 Å². The van der Waals surface area contributed by atoms with Gasteiger partial charge in [0.05, 0.1) is 7.14 Å². The smallest absolute Gasteiger partial charge is 0.259 e. The van der Waals surface area contributed by atoms with Crippen molar-refractivity contribution in [2.45, 2.75) is 6.61 Å². The maximum absolute atomic E-state index is 11.2. The van der Waals surface area contributed by atoms with Crippen molar-refractivity contribution < 1.29 is 9.53 Å². The average Bonchev–Trinajstić information content (AvgIpc) is 2.53. The number of nitrogens with zero attached hydrogens (tertiary/aromatic N) is 1. The van der Waals surface area contributed by atoms with Gasteiger partial charge in [-0.05, 0) is 75.0 Å². The van der Waals surface area contributed by atoms with Crippen LogP contribution in [0.2, 0.25) is 5.02 Å². The van der Waals surface area contributed by atoms with Crippen LogP contribution in [0.25, 0.3) is 6.08 Å². The predicted octanol–water partition coefficient (Wildman–Crippen LogP) is 4.52. The van der Waals surface area contributed by atoms with Crippen molar-refractivity contribution in [2.24, 2.45) is 5.73 Å². The Bertz CT molecular complexity index is 837. The van der Waals surface area contributed by atoms with E-state index in [1.165, 1.54) is 6.08 Å². The molecule has 0 saturated heterocycles. The van der Waals surface area contributed by atoms with E-state index >= 15 is 0 Å². The molecule has 1 amide bonds. The Kier molecular flexibility index (Phi) is 6.89. The van der Waals surface area contributed by atoms with Crippen molar-refractivity contribution in [3.63, 3.8) is 0 Å². The number of rotatable bonds is 5. The molecule has 2 aromatic carbocycles. The summed E-state index contributed by atoms with van der Waals surface area (Å²) >= 11 is 10.4. The standard InChI is InChI=1S/C17H11ClI2N2O2/c18-13-4-2-1-3-11(13)9-24-16-14(19)6-10(7-15(16)20)5-12(8-21)17(22)23/h1-7H,9H2,(H2,22,23)/b12-5+. The maximum atomic E-state index is 11.2. The van der Waals surface area contributed by atoms with Gasteiger partial charge in [0, 0.05) is 10.6 Å². The van der Waals surface area contributed by atoms with Crippen LogP contribution in [-0.2, 0) is 11.4 Å². The second-order valence-corrected chi connectivity index (χ2v) is 7.46. The number of carbonyl (C=O) groups is 1.